The molecule has 0 unspecified atom stereocenters. The van der Waals surface area contributed by atoms with Crippen LogP contribution in [-0.4, -0.2) is 47.0 Å². The first kappa shape index (κ1) is 26.5. The van der Waals surface area contributed by atoms with Crippen LogP contribution in [0.2, 0.25) is 5.02 Å². The van der Waals surface area contributed by atoms with E-state index in [1.807, 2.05) is 37.1 Å². The molecule has 6 nitrogen and oxygen atoms in total. The van der Waals surface area contributed by atoms with Crippen LogP contribution in [0.25, 0.3) is 21.2 Å². The molecule has 1 aliphatic carbocycles. The van der Waals surface area contributed by atoms with Crippen LogP contribution in [0.1, 0.15) is 46.5 Å². The van der Waals surface area contributed by atoms with Gasteiger partial charge >= 0.3 is 0 Å². The quantitative estimate of drug-likeness (QED) is 0.278. The number of nitrogens with one attached hydrogen (secondary N) is 1. The van der Waals surface area contributed by atoms with E-state index in [0.717, 1.165) is 59.3 Å². The number of ether oxygens (including phenoxy) is 1. The molecule has 0 aliphatic heterocycles. The van der Waals surface area contributed by atoms with Crippen molar-refractivity contribution in [3.05, 3.63) is 75.9 Å². The highest BCUT2D eigenvalue weighted by Crippen LogP contribution is 2.41. The summed E-state index contributed by atoms with van der Waals surface area (Å²) in [6.45, 7) is 2.22. The molecule has 198 valence electrons. The lowest BCUT2D eigenvalue weighted by atomic mass is 9.89. The molecule has 1 amide bonds. The van der Waals surface area contributed by atoms with Gasteiger partial charge in [-0.25, -0.2) is 14.4 Å². The first-order chi connectivity index (χ1) is 18.4. The third-order valence-corrected chi connectivity index (χ3v) is 9.13. The standard InChI is InChI=1S/C29H30ClFN4O2S/c1-17-4-10-23(31)27-25(17)26(30)28(38-27)29(36)35(22-8-6-21(32-2)7-9-22)15-19-12-18(5-11-24(19)37-3)20-13-33-16-34-14-20/h4-5,10-14,16,21-22,32H,6-9,15H2,1-3H3. The number of hydrogen-bond donors (Lipinski definition) is 1. The third-order valence-electron chi connectivity index (χ3n) is 7.46. The van der Waals surface area contributed by atoms with E-state index in [4.69, 9.17) is 16.3 Å². The molecule has 0 bridgehead atoms. The van der Waals surface area contributed by atoms with Crippen molar-refractivity contribution in [2.24, 2.45) is 0 Å². The number of fused-ring (bicyclic) bond motifs is 1. The fourth-order valence-electron chi connectivity index (χ4n) is 5.31. The molecule has 1 aliphatic rings. The van der Waals surface area contributed by atoms with E-state index in [-0.39, 0.29) is 17.8 Å². The van der Waals surface area contributed by atoms with Crippen LogP contribution < -0.4 is 10.1 Å². The zero-order valence-corrected chi connectivity index (χ0v) is 23.2. The Balaban J connectivity index is 1.56. The second-order valence-electron chi connectivity index (χ2n) is 9.69. The van der Waals surface area contributed by atoms with E-state index in [2.05, 4.69) is 15.3 Å². The summed E-state index contributed by atoms with van der Waals surface area (Å²) in [6.07, 6.45) is 8.68. The van der Waals surface area contributed by atoms with E-state index in [1.54, 1.807) is 25.6 Å². The summed E-state index contributed by atoms with van der Waals surface area (Å²) in [5.41, 5.74) is 3.53. The summed E-state index contributed by atoms with van der Waals surface area (Å²) in [6, 6.07) is 9.47. The van der Waals surface area contributed by atoms with Gasteiger partial charge in [0.15, 0.2) is 0 Å². The lowest BCUT2D eigenvalue weighted by Gasteiger charge is -2.37. The van der Waals surface area contributed by atoms with Crippen molar-refractivity contribution >= 4 is 38.9 Å². The second kappa shape index (κ2) is 11.4. The molecular formula is C29H30ClFN4O2S. The summed E-state index contributed by atoms with van der Waals surface area (Å²) in [4.78, 5) is 24.8. The molecule has 1 saturated carbocycles. The van der Waals surface area contributed by atoms with Crippen LogP contribution in [0.3, 0.4) is 0 Å². The van der Waals surface area contributed by atoms with Crippen LogP contribution in [0.5, 0.6) is 5.75 Å². The number of carbonyl (C=O) groups excluding carboxylic acids is 1. The van der Waals surface area contributed by atoms with Crippen molar-refractivity contribution in [3.63, 3.8) is 0 Å². The summed E-state index contributed by atoms with van der Waals surface area (Å²) in [5.74, 6) is 0.145. The fraction of sp³-hybridized carbons (Fsp3) is 0.345. The summed E-state index contributed by atoms with van der Waals surface area (Å²) < 4.78 is 20.8. The van der Waals surface area contributed by atoms with Crippen molar-refractivity contribution in [3.8, 4) is 16.9 Å². The van der Waals surface area contributed by atoms with Gasteiger partial charge in [-0.15, -0.1) is 11.3 Å². The molecule has 1 N–H and O–H groups in total. The molecule has 0 spiro atoms. The maximum absolute atomic E-state index is 14.7. The van der Waals surface area contributed by atoms with Gasteiger partial charge in [0.05, 0.1) is 16.8 Å². The molecule has 0 saturated heterocycles. The van der Waals surface area contributed by atoms with Gasteiger partial charge in [-0.3, -0.25) is 4.79 Å². The fourth-order valence-corrected chi connectivity index (χ4v) is 6.94. The van der Waals surface area contributed by atoms with E-state index >= 15 is 0 Å². The van der Waals surface area contributed by atoms with Gasteiger partial charge in [0.2, 0.25) is 0 Å². The monoisotopic (exact) mass is 552 g/mol. The van der Waals surface area contributed by atoms with Crippen LogP contribution in [0.4, 0.5) is 4.39 Å². The first-order valence-corrected chi connectivity index (χ1v) is 13.9. The Morgan fingerprint density at radius 1 is 1.16 bits per heavy atom. The highest BCUT2D eigenvalue weighted by molar-refractivity contribution is 7.21. The Hall–Kier alpha value is -3.07. The predicted molar refractivity (Wildman–Crippen MR) is 151 cm³/mol. The Kier molecular flexibility index (Phi) is 7.93. The van der Waals surface area contributed by atoms with Crippen molar-refractivity contribution in [2.75, 3.05) is 14.2 Å². The van der Waals surface area contributed by atoms with Crippen LogP contribution in [-0.2, 0) is 6.54 Å². The molecule has 4 aromatic rings. The number of aryl methyl sites for hydroxylation is 1. The summed E-state index contributed by atoms with van der Waals surface area (Å²) in [7, 11) is 3.61. The van der Waals surface area contributed by atoms with E-state index in [0.29, 0.717) is 38.3 Å². The molecular weight excluding hydrogens is 523 g/mol. The largest absolute Gasteiger partial charge is 0.496 e. The van der Waals surface area contributed by atoms with Crippen molar-refractivity contribution < 1.29 is 13.9 Å². The zero-order chi connectivity index (χ0) is 26.8. The van der Waals surface area contributed by atoms with Gasteiger partial charge in [0.1, 0.15) is 22.8 Å². The number of halogens is 2. The average molecular weight is 553 g/mol. The molecule has 0 radical (unpaired) electrons. The van der Waals surface area contributed by atoms with E-state index in [9.17, 15) is 9.18 Å². The van der Waals surface area contributed by atoms with Crippen molar-refractivity contribution in [1.82, 2.24) is 20.2 Å². The Labute approximate surface area is 230 Å². The number of amides is 1. The van der Waals surface area contributed by atoms with Gasteiger partial charge in [0, 0.05) is 47.5 Å². The molecule has 9 heteroatoms. The van der Waals surface area contributed by atoms with Crippen LogP contribution in [0.15, 0.2) is 49.1 Å². The van der Waals surface area contributed by atoms with Gasteiger partial charge < -0.3 is 15.0 Å². The number of thiophene rings is 1. The van der Waals surface area contributed by atoms with E-state index in [1.165, 1.54) is 12.4 Å². The number of nitrogens with zero attached hydrogens (tertiary/aromatic N) is 3. The number of benzene rings is 2. The summed E-state index contributed by atoms with van der Waals surface area (Å²) in [5, 5.41) is 4.30. The maximum atomic E-state index is 14.7. The van der Waals surface area contributed by atoms with Crippen molar-refractivity contribution in [1.29, 1.82) is 0 Å². The molecule has 38 heavy (non-hydrogen) atoms. The number of aromatic nitrogens is 2. The van der Waals surface area contributed by atoms with Crippen LogP contribution >= 0.6 is 22.9 Å². The lowest BCUT2D eigenvalue weighted by Crippen LogP contribution is -2.44. The predicted octanol–water partition coefficient (Wildman–Crippen LogP) is 6.64. The SMILES string of the molecule is CNC1CCC(N(Cc2cc(-c3cncnc3)ccc2OC)C(=O)c2sc3c(F)ccc(C)c3c2Cl)CC1. The molecule has 1 fully saturated rings. The topological polar surface area (TPSA) is 67.3 Å². The minimum atomic E-state index is -0.364. The first-order valence-electron chi connectivity index (χ1n) is 12.7. The highest BCUT2D eigenvalue weighted by Gasteiger charge is 2.32. The lowest BCUT2D eigenvalue weighted by molar-refractivity contribution is 0.0604. The minimum Gasteiger partial charge on any atom is -0.496 e. The minimum absolute atomic E-state index is 0.0211. The normalized spacial score (nSPS) is 17.5. The number of carbonyl (C=O) groups is 1. The van der Waals surface area contributed by atoms with Gasteiger partial charge in [-0.05, 0) is 69.0 Å². The summed E-state index contributed by atoms with van der Waals surface area (Å²) >= 11 is 7.90. The number of methoxy groups -OCH3 is 1. The molecule has 2 aromatic heterocycles. The van der Waals surface area contributed by atoms with Gasteiger partial charge in [-0.1, -0.05) is 23.7 Å². The molecule has 5 rings (SSSR count). The van der Waals surface area contributed by atoms with Crippen LogP contribution in [0, 0.1) is 12.7 Å². The smallest absolute Gasteiger partial charge is 0.266 e. The maximum Gasteiger partial charge on any atom is 0.266 e. The van der Waals surface area contributed by atoms with Crippen molar-refractivity contribution in [2.45, 2.75) is 51.2 Å². The van der Waals surface area contributed by atoms with Gasteiger partial charge in [0.25, 0.3) is 5.91 Å². The Morgan fingerprint density at radius 3 is 2.55 bits per heavy atom. The molecule has 0 atom stereocenters. The molecule has 2 heterocycles. The highest BCUT2D eigenvalue weighted by atomic mass is 35.5. The van der Waals surface area contributed by atoms with E-state index < -0.39 is 0 Å². The Bertz CT molecular complexity index is 1450. The number of rotatable bonds is 7. The number of hydrogen-bond acceptors (Lipinski definition) is 6. The zero-order valence-electron chi connectivity index (χ0n) is 21.6. The Morgan fingerprint density at radius 2 is 1.89 bits per heavy atom. The van der Waals surface area contributed by atoms with Gasteiger partial charge in [-0.2, -0.15) is 0 Å². The second-order valence-corrected chi connectivity index (χ2v) is 11.1. The third kappa shape index (κ3) is 5.13. The molecule has 2 aromatic carbocycles. The average Bonchev–Trinajstić information content (AvgIpc) is 3.32.